The van der Waals surface area contributed by atoms with Crippen molar-refractivity contribution in [3.63, 3.8) is 0 Å². The number of hydrogen-bond acceptors (Lipinski definition) is 3. The average Bonchev–Trinajstić information content (AvgIpc) is 2.92. The summed E-state index contributed by atoms with van der Waals surface area (Å²) in [5, 5.41) is 4.45. The Morgan fingerprint density at radius 2 is 2.00 bits per heavy atom. The molecule has 2 nitrogen and oxygen atoms in total. The fraction of sp³-hybridized carbons (Fsp3) is 0.133. The summed E-state index contributed by atoms with van der Waals surface area (Å²) in [7, 11) is 0. The van der Waals surface area contributed by atoms with Gasteiger partial charge in [-0.3, -0.25) is 4.99 Å². The molecule has 1 aliphatic rings. The highest BCUT2D eigenvalue weighted by Crippen LogP contribution is 2.35. The lowest BCUT2D eigenvalue weighted by molar-refractivity contribution is 0.621. The smallest absolute Gasteiger partial charge is 0.161 e. The van der Waals surface area contributed by atoms with Crippen LogP contribution in [0.1, 0.15) is 10.8 Å². The maximum atomic E-state index is 13.2. The third-order valence-corrected chi connectivity index (χ3v) is 4.76. The minimum atomic E-state index is -0.265. The van der Waals surface area contributed by atoms with Crippen molar-refractivity contribution in [1.29, 1.82) is 0 Å². The van der Waals surface area contributed by atoms with Crippen LogP contribution in [0.2, 0.25) is 0 Å². The molecule has 2 aromatic carbocycles. The lowest BCUT2D eigenvalue weighted by Gasteiger charge is -2.09. The molecule has 0 aliphatic carbocycles. The molecule has 5 heteroatoms. The molecule has 2 aromatic rings. The van der Waals surface area contributed by atoms with Gasteiger partial charge in [0.15, 0.2) is 5.17 Å². The van der Waals surface area contributed by atoms with Crippen LogP contribution in [-0.2, 0) is 0 Å². The average molecular weight is 351 g/mol. The fourth-order valence-electron chi connectivity index (χ4n) is 1.98. The van der Waals surface area contributed by atoms with Crippen molar-refractivity contribution >= 4 is 38.5 Å². The normalized spacial score (nSPS) is 17.9. The highest BCUT2D eigenvalue weighted by molar-refractivity contribution is 9.10. The summed E-state index contributed by atoms with van der Waals surface area (Å²) in [5.41, 5.74) is 2.11. The van der Waals surface area contributed by atoms with E-state index in [0.29, 0.717) is 9.72 Å². The molecule has 3 rings (SSSR count). The van der Waals surface area contributed by atoms with Crippen molar-refractivity contribution in [1.82, 2.24) is 0 Å². The maximum absolute atomic E-state index is 13.2. The van der Waals surface area contributed by atoms with Crippen LogP contribution in [0.5, 0.6) is 0 Å². The van der Waals surface area contributed by atoms with Crippen LogP contribution < -0.4 is 5.32 Å². The Kier molecular flexibility index (Phi) is 4.08. The van der Waals surface area contributed by atoms with E-state index in [0.717, 1.165) is 17.4 Å². The molecule has 0 bridgehead atoms. The van der Waals surface area contributed by atoms with Crippen LogP contribution in [-0.4, -0.2) is 11.7 Å². The molecule has 1 heterocycles. The first-order valence-corrected chi connectivity index (χ1v) is 7.88. The molecule has 0 saturated carbocycles. The first kappa shape index (κ1) is 13.6. The molecule has 1 atom stereocenters. The molecule has 20 heavy (non-hydrogen) atoms. The summed E-state index contributed by atoms with van der Waals surface area (Å²) in [5.74, 6) is -0.265. The second kappa shape index (κ2) is 5.97. The Morgan fingerprint density at radius 3 is 2.75 bits per heavy atom. The summed E-state index contributed by atoms with van der Waals surface area (Å²) in [6, 6.07) is 15.2. The van der Waals surface area contributed by atoms with Gasteiger partial charge in [0.2, 0.25) is 0 Å². The monoisotopic (exact) mass is 350 g/mol. The Labute approximate surface area is 129 Å². The number of aliphatic imine (C=N–C) groups is 1. The largest absolute Gasteiger partial charge is 0.335 e. The number of benzene rings is 2. The topological polar surface area (TPSA) is 24.4 Å². The summed E-state index contributed by atoms with van der Waals surface area (Å²) < 4.78 is 13.6. The fourth-order valence-corrected chi connectivity index (χ4v) is 3.40. The lowest BCUT2D eigenvalue weighted by Crippen LogP contribution is -2.05. The van der Waals surface area contributed by atoms with Gasteiger partial charge >= 0.3 is 0 Å². The Morgan fingerprint density at radius 1 is 1.20 bits per heavy atom. The molecule has 0 amide bonds. The van der Waals surface area contributed by atoms with E-state index >= 15 is 0 Å². The molecule has 0 radical (unpaired) electrons. The Bertz CT molecular complexity index is 646. The molecule has 1 aliphatic heterocycles. The number of nitrogens with one attached hydrogen (secondary N) is 1. The Balaban J connectivity index is 1.67. The molecule has 0 fully saturated rings. The number of amidine groups is 1. The van der Waals surface area contributed by atoms with Gasteiger partial charge in [-0.1, -0.05) is 42.1 Å². The van der Waals surface area contributed by atoms with Crippen LogP contribution >= 0.6 is 27.7 Å². The quantitative estimate of drug-likeness (QED) is 0.837. The van der Waals surface area contributed by atoms with E-state index in [4.69, 9.17) is 0 Å². The van der Waals surface area contributed by atoms with Gasteiger partial charge in [-0.2, -0.15) is 0 Å². The van der Waals surface area contributed by atoms with Crippen molar-refractivity contribution in [2.45, 2.75) is 5.25 Å². The summed E-state index contributed by atoms with van der Waals surface area (Å²) in [6.07, 6.45) is 0. The molecule has 0 spiro atoms. The first-order chi connectivity index (χ1) is 9.72. The number of halogens is 2. The van der Waals surface area contributed by atoms with Crippen LogP contribution in [0.4, 0.5) is 10.1 Å². The first-order valence-electron chi connectivity index (χ1n) is 6.20. The van der Waals surface area contributed by atoms with Crippen molar-refractivity contribution in [2.75, 3.05) is 11.9 Å². The third-order valence-electron chi connectivity index (χ3n) is 3.00. The Hall–Kier alpha value is -1.33. The van der Waals surface area contributed by atoms with Gasteiger partial charge in [-0.05, 0) is 39.7 Å². The zero-order valence-corrected chi connectivity index (χ0v) is 12.9. The van der Waals surface area contributed by atoms with E-state index in [1.807, 2.05) is 18.2 Å². The third kappa shape index (κ3) is 3.04. The molecular formula is C15H12BrFN2S. The second-order valence-corrected chi connectivity index (χ2v) is 6.46. The summed E-state index contributed by atoms with van der Waals surface area (Å²) in [4.78, 5) is 4.50. The van der Waals surface area contributed by atoms with E-state index in [1.54, 1.807) is 23.9 Å². The summed E-state index contributed by atoms with van der Waals surface area (Å²) >= 11 is 4.88. The van der Waals surface area contributed by atoms with Crippen LogP contribution in [0, 0.1) is 5.82 Å². The number of hydrogen-bond donors (Lipinski definition) is 1. The number of thioether (sulfide) groups is 1. The maximum Gasteiger partial charge on any atom is 0.161 e. The van der Waals surface area contributed by atoms with Crippen molar-refractivity contribution < 1.29 is 4.39 Å². The van der Waals surface area contributed by atoms with Gasteiger partial charge in [0.25, 0.3) is 0 Å². The molecular weight excluding hydrogens is 339 g/mol. The van der Waals surface area contributed by atoms with E-state index in [1.165, 1.54) is 11.6 Å². The molecule has 102 valence electrons. The highest BCUT2D eigenvalue weighted by Gasteiger charge is 2.21. The SMILES string of the molecule is Fc1ccc(NC2=NCC(c3ccccc3)S2)cc1Br. The van der Waals surface area contributed by atoms with Crippen LogP contribution in [0.15, 0.2) is 58.0 Å². The van der Waals surface area contributed by atoms with Crippen molar-refractivity contribution in [3.8, 4) is 0 Å². The molecule has 1 unspecified atom stereocenters. The van der Waals surface area contributed by atoms with Gasteiger partial charge < -0.3 is 5.32 Å². The molecule has 1 N–H and O–H groups in total. The molecule has 0 saturated heterocycles. The van der Waals surface area contributed by atoms with Gasteiger partial charge in [0.1, 0.15) is 5.82 Å². The number of nitrogens with zero attached hydrogens (tertiary/aromatic N) is 1. The van der Waals surface area contributed by atoms with Gasteiger partial charge in [0, 0.05) is 5.69 Å². The highest BCUT2D eigenvalue weighted by atomic mass is 79.9. The van der Waals surface area contributed by atoms with E-state index in [2.05, 4.69) is 38.4 Å². The number of rotatable bonds is 2. The van der Waals surface area contributed by atoms with Gasteiger partial charge in [-0.25, -0.2) is 4.39 Å². The zero-order chi connectivity index (χ0) is 13.9. The van der Waals surface area contributed by atoms with Gasteiger partial charge in [-0.15, -0.1) is 0 Å². The predicted octanol–water partition coefficient (Wildman–Crippen LogP) is 4.84. The lowest BCUT2D eigenvalue weighted by atomic mass is 10.1. The van der Waals surface area contributed by atoms with Crippen LogP contribution in [0.3, 0.4) is 0 Å². The van der Waals surface area contributed by atoms with E-state index in [-0.39, 0.29) is 5.82 Å². The van der Waals surface area contributed by atoms with Gasteiger partial charge in [0.05, 0.1) is 16.3 Å². The zero-order valence-electron chi connectivity index (χ0n) is 10.5. The van der Waals surface area contributed by atoms with Crippen LogP contribution in [0.25, 0.3) is 0 Å². The minimum absolute atomic E-state index is 0.265. The minimum Gasteiger partial charge on any atom is -0.335 e. The standard InChI is InChI=1S/C15H12BrFN2S/c16-12-8-11(6-7-13(12)17)19-15-18-9-14(20-15)10-4-2-1-3-5-10/h1-8,14H,9H2,(H,18,19). The van der Waals surface area contributed by atoms with E-state index < -0.39 is 0 Å². The predicted molar refractivity (Wildman–Crippen MR) is 86.8 cm³/mol. The van der Waals surface area contributed by atoms with Crippen molar-refractivity contribution in [3.05, 3.63) is 64.4 Å². The second-order valence-electron chi connectivity index (χ2n) is 4.42. The van der Waals surface area contributed by atoms with Crippen molar-refractivity contribution in [2.24, 2.45) is 4.99 Å². The molecule has 0 aromatic heterocycles. The summed E-state index contributed by atoms with van der Waals surface area (Å²) in [6.45, 7) is 0.763. The number of anilines is 1. The van der Waals surface area contributed by atoms with E-state index in [9.17, 15) is 4.39 Å².